The van der Waals surface area contributed by atoms with E-state index in [1.54, 1.807) is 18.5 Å². The molecule has 546 valence electrons. The van der Waals surface area contributed by atoms with Crippen LogP contribution in [0.4, 0.5) is 13.2 Å². The molecule has 106 heavy (non-hydrogen) atoms. The highest BCUT2D eigenvalue weighted by molar-refractivity contribution is 5.76. The third-order valence-electron chi connectivity index (χ3n) is 18.2. The van der Waals surface area contributed by atoms with Gasteiger partial charge in [0, 0.05) is 41.5 Å². The molecule has 0 bridgehead atoms. The molecule has 0 atom stereocenters. The molecule has 0 unspecified atom stereocenters. The first kappa shape index (κ1) is 82.8. The first-order chi connectivity index (χ1) is 50.8. The van der Waals surface area contributed by atoms with Gasteiger partial charge in [-0.1, -0.05) is 311 Å². The summed E-state index contributed by atoms with van der Waals surface area (Å²) in [7, 11) is 0. The summed E-state index contributed by atoms with van der Waals surface area (Å²) in [5, 5.41) is 0. The van der Waals surface area contributed by atoms with Crippen molar-refractivity contribution < 1.29 is 13.2 Å². The predicted molar refractivity (Wildman–Crippen MR) is 450 cm³/mol. The van der Waals surface area contributed by atoms with Gasteiger partial charge < -0.3 is 0 Å². The zero-order valence-electron chi connectivity index (χ0n) is 65.8. The number of halogens is 3. The van der Waals surface area contributed by atoms with Crippen LogP contribution >= 0.6 is 0 Å². The molecule has 0 N–H and O–H groups in total. The Hall–Kier alpha value is -10.5. The van der Waals surface area contributed by atoms with Gasteiger partial charge in [-0.2, -0.15) is 0 Å². The van der Waals surface area contributed by atoms with Crippen LogP contribution in [0.1, 0.15) is 148 Å². The molecule has 2 heterocycles. The Bertz CT molecular complexity index is 4610. The zero-order chi connectivity index (χ0) is 76.7. The van der Waals surface area contributed by atoms with Gasteiger partial charge in [0.1, 0.15) is 17.5 Å². The number of aromatic nitrogens is 2. The normalized spacial score (nSPS) is 10.6. The number of pyridine rings is 2. The van der Waals surface area contributed by atoms with Crippen LogP contribution in [0.2, 0.25) is 0 Å². The Morgan fingerprint density at radius 3 is 1.07 bits per heavy atom. The van der Waals surface area contributed by atoms with E-state index in [1.165, 1.54) is 116 Å². The molecule has 2 aromatic heterocycles. The van der Waals surface area contributed by atoms with Gasteiger partial charge in [-0.05, 0) is 245 Å². The zero-order valence-corrected chi connectivity index (χ0v) is 65.8. The highest BCUT2D eigenvalue weighted by Crippen LogP contribution is 2.35. The molecule has 11 aromatic carbocycles. The Morgan fingerprint density at radius 1 is 0.264 bits per heavy atom. The summed E-state index contributed by atoms with van der Waals surface area (Å²) in [6, 6.07) is 91.6. The Labute approximate surface area is 634 Å². The Kier molecular flexibility index (Phi) is 33.2. The SMILES string of the molecule is Cc1c(C(C)C)cc(-c2ccccc2)cc1C(C)C.Cc1c(F)cc(-c2ccccc2)cc1-c1ccccc1.Cc1c(F)cc(-c2ccccc2)cc1F.Cc1cc(-c2cccnc2)cc(-c2cccnc2)c1.Cc1ccc(CC(C)C)cc1.Cc1cccc(CC(C)C)c1.Cc1ccccc1CC(C)C. The number of hydrogen-bond donors (Lipinski definition) is 0. The average Bonchev–Trinajstić information content (AvgIpc) is 0.812. The van der Waals surface area contributed by atoms with Gasteiger partial charge in [-0.3, -0.25) is 9.97 Å². The summed E-state index contributed by atoms with van der Waals surface area (Å²) in [5.41, 5.74) is 27.5. The van der Waals surface area contributed by atoms with Crippen molar-refractivity contribution in [2.24, 2.45) is 17.8 Å². The van der Waals surface area contributed by atoms with Crippen LogP contribution in [-0.4, -0.2) is 9.97 Å². The fraction of sp³-hybridized carbons (Fsp3) is 0.248. The van der Waals surface area contributed by atoms with Crippen LogP contribution < -0.4 is 0 Å². The van der Waals surface area contributed by atoms with Crippen molar-refractivity contribution in [3.63, 3.8) is 0 Å². The van der Waals surface area contributed by atoms with Crippen molar-refractivity contribution in [1.82, 2.24) is 9.97 Å². The second kappa shape index (κ2) is 42.5. The fourth-order valence-corrected chi connectivity index (χ4v) is 12.6. The molecular formula is C101H111F3N2. The van der Waals surface area contributed by atoms with E-state index in [2.05, 4.69) is 265 Å². The molecule has 0 aliphatic heterocycles. The smallest absolute Gasteiger partial charge is 0.129 e. The van der Waals surface area contributed by atoms with Gasteiger partial charge in [-0.15, -0.1) is 0 Å². The van der Waals surface area contributed by atoms with Crippen LogP contribution in [0, 0.1) is 83.7 Å². The standard InChI is InChI=1S/C19H15F.C19H24.C17H14N2.C13H10F2.3C11H16/c1-14-18(16-10-6-3-7-11-16)12-17(13-19(14)20)15-8-4-2-5-9-15;1-13(2)18-11-17(16-9-7-6-8-10-16)12-19(14(3)4)15(18)5;1-13-8-16(14-4-2-6-18-11-14)10-17(9-13)15-5-3-7-19-12-15;1-9-12(14)7-11(8-13(9)15)10-5-3-2-4-6-10;1-9(2)8-11-6-4-10(3)5-7-11;1-9(2)7-11-6-4-5-10(3)8-11;1-9(2)8-11-7-5-4-6-10(11)3/h2-13H,1H3;6-14H,1-5H3;2-12H,1H3;2-8H,1H3;4-7,9H,8H2,1-3H3;4-6,8-9H,7H2,1-3H3;4-7,9H,8H2,1-3H3. The van der Waals surface area contributed by atoms with Crippen LogP contribution in [-0.2, 0) is 19.3 Å². The molecule has 0 radical (unpaired) electrons. The van der Waals surface area contributed by atoms with Gasteiger partial charge in [0.25, 0.3) is 0 Å². The van der Waals surface area contributed by atoms with Crippen molar-refractivity contribution in [2.45, 2.75) is 149 Å². The van der Waals surface area contributed by atoms with Crippen molar-refractivity contribution >= 4 is 0 Å². The quantitative estimate of drug-likeness (QED) is 0.108. The lowest BCUT2D eigenvalue weighted by Crippen LogP contribution is -2.00. The average molecular weight is 1410 g/mol. The molecule has 0 spiro atoms. The molecule has 0 saturated carbocycles. The van der Waals surface area contributed by atoms with E-state index in [0.717, 1.165) is 56.7 Å². The minimum atomic E-state index is -0.506. The van der Waals surface area contributed by atoms with E-state index in [1.807, 2.05) is 122 Å². The number of hydrogen-bond acceptors (Lipinski definition) is 2. The van der Waals surface area contributed by atoms with E-state index >= 15 is 0 Å². The van der Waals surface area contributed by atoms with E-state index in [0.29, 0.717) is 23.0 Å². The molecule has 13 aromatic rings. The molecule has 0 amide bonds. The Balaban J connectivity index is 0.000000175. The molecular weight excluding hydrogens is 1300 g/mol. The largest absolute Gasteiger partial charge is 0.264 e. The molecule has 13 rings (SSSR count). The van der Waals surface area contributed by atoms with E-state index in [4.69, 9.17) is 0 Å². The Morgan fingerprint density at radius 2 is 0.651 bits per heavy atom. The number of benzene rings is 11. The topological polar surface area (TPSA) is 25.8 Å². The number of nitrogens with zero attached hydrogens (tertiary/aromatic N) is 2. The van der Waals surface area contributed by atoms with Gasteiger partial charge in [0.2, 0.25) is 0 Å². The van der Waals surface area contributed by atoms with Crippen LogP contribution in [0.5, 0.6) is 0 Å². The number of aryl methyl sites for hydroxylation is 4. The molecule has 0 aliphatic rings. The summed E-state index contributed by atoms with van der Waals surface area (Å²) in [4.78, 5) is 8.36. The van der Waals surface area contributed by atoms with E-state index in [9.17, 15) is 13.2 Å². The second-order valence-electron chi connectivity index (χ2n) is 29.5. The first-order valence-electron chi connectivity index (χ1n) is 37.5. The van der Waals surface area contributed by atoms with Gasteiger partial charge in [-0.25, -0.2) is 13.2 Å². The first-order valence-corrected chi connectivity index (χ1v) is 37.5. The monoisotopic (exact) mass is 1410 g/mol. The summed E-state index contributed by atoms with van der Waals surface area (Å²) < 4.78 is 40.8. The lowest BCUT2D eigenvalue weighted by Gasteiger charge is -2.19. The highest BCUT2D eigenvalue weighted by atomic mass is 19.1. The highest BCUT2D eigenvalue weighted by Gasteiger charge is 2.15. The second-order valence-corrected chi connectivity index (χ2v) is 29.5. The molecule has 0 aliphatic carbocycles. The maximum absolute atomic E-state index is 14.2. The predicted octanol–water partition coefficient (Wildman–Crippen LogP) is 29.0. The molecule has 0 fully saturated rings. The maximum atomic E-state index is 14.2. The molecule has 0 saturated heterocycles. The fourth-order valence-electron chi connectivity index (χ4n) is 12.6. The van der Waals surface area contributed by atoms with E-state index < -0.39 is 11.6 Å². The van der Waals surface area contributed by atoms with Crippen molar-refractivity contribution in [2.75, 3.05) is 0 Å². The van der Waals surface area contributed by atoms with Crippen LogP contribution in [0.3, 0.4) is 0 Å². The summed E-state index contributed by atoms with van der Waals surface area (Å²) in [6.45, 7) is 36.7. The minimum Gasteiger partial charge on any atom is -0.264 e. The van der Waals surface area contributed by atoms with Crippen molar-refractivity contribution in [3.8, 4) is 66.8 Å². The van der Waals surface area contributed by atoms with Gasteiger partial charge in [0.05, 0.1) is 0 Å². The maximum Gasteiger partial charge on any atom is 0.129 e. The van der Waals surface area contributed by atoms with Crippen LogP contribution in [0.25, 0.3) is 66.8 Å². The summed E-state index contributed by atoms with van der Waals surface area (Å²) in [6.07, 6.45) is 11.0. The summed E-state index contributed by atoms with van der Waals surface area (Å²) >= 11 is 0. The van der Waals surface area contributed by atoms with Gasteiger partial charge in [0.15, 0.2) is 0 Å². The van der Waals surface area contributed by atoms with Gasteiger partial charge >= 0.3 is 0 Å². The van der Waals surface area contributed by atoms with Crippen molar-refractivity contribution in [1.29, 1.82) is 0 Å². The molecule has 2 nitrogen and oxygen atoms in total. The third kappa shape index (κ3) is 26.9. The van der Waals surface area contributed by atoms with Crippen LogP contribution in [0.15, 0.2) is 298 Å². The number of rotatable bonds is 14. The molecule has 5 heteroatoms. The lowest BCUT2D eigenvalue weighted by atomic mass is 9.86. The lowest BCUT2D eigenvalue weighted by molar-refractivity contribution is 0.569. The third-order valence-corrected chi connectivity index (χ3v) is 18.2. The summed E-state index contributed by atoms with van der Waals surface area (Å²) in [5.74, 6) is 2.25. The minimum absolute atomic E-state index is 0.0645. The van der Waals surface area contributed by atoms with E-state index in [-0.39, 0.29) is 11.4 Å². The van der Waals surface area contributed by atoms with Crippen molar-refractivity contribution in [3.05, 3.63) is 382 Å².